The van der Waals surface area contributed by atoms with Crippen molar-refractivity contribution in [2.45, 2.75) is 50.5 Å². The Balaban J connectivity index is 1.46. The number of hydrogen-bond donors (Lipinski definition) is 2. The number of ether oxygens (including phenoxy) is 4. The van der Waals surface area contributed by atoms with Gasteiger partial charge in [0.05, 0.1) is 32.5 Å². The highest BCUT2D eigenvalue weighted by Gasteiger charge is 2.45. The molecule has 1 fully saturated rings. The summed E-state index contributed by atoms with van der Waals surface area (Å²) in [5.41, 5.74) is 9.42. The van der Waals surface area contributed by atoms with E-state index in [1.807, 2.05) is 91.0 Å². The van der Waals surface area contributed by atoms with E-state index in [2.05, 4.69) is 0 Å². The molecule has 3 aromatic rings. The molecule has 1 heterocycles. The van der Waals surface area contributed by atoms with E-state index in [0.717, 1.165) is 16.7 Å². The summed E-state index contributed by atoms with van der Waals surface area (Å²) in [5.74, 6) is 0. The molecule has 0 bridgehead atoms. The monoisotopic (exact) mass is 449 g/mol. The fourth-order valence-corrected chi connectivity index (χ4v) is 3.88. The van der Waals surface area contributed by atoms with E-state index in [1.165, 1.54) is 0 Å². The van der Waals surface area contributed by atoms with E-state index >= 15 is 0 Å². The van der Waals surface area contributed by atoms with Gasteiger partial charge >= 0.3 is 0 Å². The molecule has 174 valence electrons. The molecular weight excluding hydrogens is 418 g/mol. The Labute approximate surface area is 194 Å². The molecule has 0 radical (unpaired) electrons. The first-order valence-electron chi connectivity index (χ1n) is 11.2. The fraction of sp³-hybridized carbons (Fsp3) is 0.333. The third kappa shape index (κ3) is 6.71. The molecule has 1 aliphatic heterocycles. The number of benzene rings is 3. The maximum absolute atomic E-state index is 10.5. The summed E-state index contributed by atoms with van der Waals surface area (Å²) in [5, 5.41) is 10.5. The molecule has 0 aliphatic carbocycles. The molecule has 5 atom stereocenters. The Kier molecular flexibility index (Phi) is 8.60. The van der Waals surface area contributed by atoms with Crippen LogP contribution in [0.25, 0.3) is 0 Å². The fourth-order valence-electron chi connectivity index (χ4n) is 3.88. The maximum Gasteiger partial charge on any atom is 0.173 e. The molecule has 3 unspecified atom stereocenters. The van der Waals surface area contributed by atoms with Crippen molar-refractivity contribution in [1.82, 2.24) is 0 Å². The zero-order chi connectivity index (χ0) is 22.9. The Bertz CT molecular complexity index is 941. The molecule has 0 aromatic heterocycles. The predicted octanol–water partition coefficient (Wildman–Crippen LogP) is 3.42. The van der Waals surface area contributed by atoms with Crippen LogP contribution in [-0.2, 0) is 38.8 Å². The highest BCUT2D eigenvalue weighted by molar-refractivity contribution is 5.15. The molecule has 33 heavy (non-hydrogen) atoms. The van der Waals surface area contributed by atoms with Gasteiger partial charge in [0.1, 0.15) is 18.3 Å². The first kappa shape index (κ1) is 23.6. The highest BCUT2D eigenvalue weighted by Crippen LogP contribution is 2.26. The SMILES string of the molecule is NC1C(OCc2ccccc2)[C@H](OCc2ccccc2)C(COCc2ccccc2)O[C@H]1O. The molecule has 6 nitrogen and oxygen atoms in total. The van der Waals surface area contributed by atoms with Gasteiger partial charge in [-0.2, -0.15) is 0 Å². The standard InChI is InChI=1S/C27H31NO5/c28-24-26(32-18-22-14-8-3-9-15-22)25(31-17-21-12-6-2-7-13-21)23(33-27(24)29)19-30-16-20-10-4-1-5-11-20/h1-15,23-27,29H,16-19,28H2/t23?,24?,25-,26?,27-/m1/s1. The quantitative estimate of drug-likeness (QED) is 0.494. The van der Waals surface area contributed by atoms with Crippen LogP contribution in [-0.4, -0.2) is 42.4 Å². The summed E-state index contributed by atoms with van der Waals surface area (Å²) in [6.07, 6.45) is -2.79. The minimum atomic E-state index is -1.17. The van der Waals surface area contributed by atoms with Crippen LogP contribution in [0, 0.1) is 0 Å². The summed E-state index contributed by atoms with van der Waals surface area (Å²) in [4.78, 5) is 0. The van der Waals surface area contributed by atoms with Crippen molar-refractivity contribution in [2.75, 3.05) is 6.61 Å². The van der Waals surface area contributed by atoms with Crippen LogP contribution in [0.2, 0.25) is 0 Å². The molecule has 0 amide bonds. The van der Waals surface area contributed by atoms with Crippen LogP contribution in [0.4, 0.5) is 0 Å². The van der Waals surface area contributed by atoms with Gasteiger partial charge in [-0.1, -0.05) is 91.0 Å². The van der Waals surface area contributed by atoms with Crippen molar-refractivity contribution in [3.8, 4) is 0 Å². The van der Waals surface area contributed by atoms with Crippen LogP contribution in [0.1, 0.15) is 16.7 Å². The zero-order valence-electron chi connectivity index (χ0n) is 18.5. The third-order valence-electron chi connectivity index (χ3n) is 5.68. The van der Waals surface area contributed by atoms with Crippen LogP contribution in [0.5, 0.6) is 0 Å². The summed E-state index contributed by atoms with van der Waals surface area (Å²) in [6.45, 7) is 1.40. The van der Waals surface area contributed by atoms with Gasteiger partial charge < -0.3 is 29.8 Å². The second-order valence-electron chi connectivity index (χ2n) is 8.17. The number of rotatable bonds is 10. The van der Waals surface area contributed by atoms with Crippen molar-refractivity contribution in [3.05, 3.63) is 108 Å². The van der Waals surface area contributed by atoms with Crippen LogP contribution in [0.3, 0.4) is 0 Å². The molecular formula is C27H31NO5. The number of aliphatic hydroxyl groups excluding tert-OH is 1. The highest BCUT2D eigenvalue weighted by atomic mass is 16.7. The molecule has 1 aliphatic rings. The zero-order valence-corrected chi connectivity index (χ0v) is 18.5. The third-order valence-corrected chi connectivity index (χ3v) is 5.68. The minimum absolute atomic E-state index is 0.239. The van der Waals surface area contributed by atoms with Crippen LogP contribution < -0.4 is 5.73 Å². The summed E-state index contributed by atoms with van der Waals surface area (Å²) < 4.78 is 24.2. The topological polar surface area (TPSA) is 83.2 Å². The van der Waals surface area contributed by atoms with Crippen molar-refractivity contribution >= 4 is 0 Å². The Hall–Kier alpha value is -2.58. The van der Waals surface area contributed by atoms with E-state index in [1.54, 1.807) is 0 Å². The lowest BCUT2D eigenvalue weighted by atomic mass is 9.97. The molecule has 0 spiro atoms. The van der Waals surface area contributed by atoms with Gasteiger partial charge in [0, 0.05) is 0 Å². The van der Waals surface area contributed by atoms with Gasteiger partial charge in [0.15, 0.2) is 6.29 Å². The van der Waals surface area contributed by atoms with Crippen molar-refractivity contribution in [3.63, 3.8) is 0 Å². The number of aliphatic hydroxyl groups is 1. The Morgan fingerprint density at radius 2 is 1.12 bits per heavy atom. The van der Waals surface area contributed by atoms with Gasteiger partial charge in [-0.15, -0.1) is 0 Å². The van der Waals surface area contributed by atoms with Gasteiger partial charge in [0.2, 0.25) is 0 Å². The predicted molar refractivity (Wildman–Crippen MR) is 125 cm³/mol. The lowest BCUT2D eigenvalue weighted by molar-refractivity contribution is -0.273. The van der Waals surface area contributed by atoms with Crippen LogP contribution in [0.15, 0.2) is 91.0 Å². The lowest BCUT2D eigenvalue weighted by Crippen LogP contribution is -2.63. The van der Waals surface area contributed by atoms with E-state index in [0.29, 0.717) is 19.8 Å². The first-order chi connectivity index (χ1) is 16.2. The summed E-state index contributed by atoms with van der Waals surface area (Å²) in [7, 11) is 0. The van der Waals surface area contributed by atoms with Gasteiger partial charge in [-0.25, -0.2) is 0 Å². The molecule has 1 saturated heterocycles. The average molecular weight is 450 g/mol. The van der Waals surface area contributed by atoms with Gasteiger partial charge in [-0.05, 0) is 16.7 Å². The largest absolute Gasteiger partial charge is 0.374 e. The van der Waals surface area contributed by atoms with E-state index in [-0.39, 0.29) is 6.61 Å². The number of nitrogens with two attached hydrogens (primary N) is 1. The molecule has 6 heteroatoms. The molecule has 4 rings (SSSR count). The van der Waals surface area contributed by atoms with Crippen molar-refractivity contribution in [1.29, 1.82) is 0 Å². The smallest absolute Gasteiger partial charge is 0.173 e. The van der Waals surface area contributed by atoms with Crippen molar-refractivity contribution in [2.24, 2.45) is 5.73 Å². The molecule has 3 N–H and O–H groups in total. The van der Waals surface area contributed by atoms with E-state index in [9.17, 15) is 5.11 Å². The van der Waals surface area contributed by atoms with Gasteiger partial charge in [0.25, 0.3) is 0 Å². The second-order valence-corrected chi connectivity index (χ2v) is 8.17. The number of hydrogen-bond acceptors (Lipinski definition) is 6. The van der Waals surface area contributed by atoms with E-state index in [4.69, 9.17) is 24.7 Å². The average Bonchev–Trinajstić information content (AvgIpc) is 2.86. The van der Waals surface area contributed by atoms with Crippen molar-refractivity contribution < 1.29 is 24.1 Å². The van der Waals surface area contributed by atoms with Gasteiger partial charge in [-0.3, -0.25) is 0 Å². The Morgan fingerprint density at radius 3 is 1.64 bits per heavy atom. The lowest BCUT2D eigenvalue weighted by Gasteiger charge is -2.43. The normalized spacial score (nSPS) is 25.1. The maximum atomic E-state index is 10.5. The second kappa shape index (κ2) is 12.0. The van der Waals surface area contributed by atoms with Crippen LogP contribution >= 0.6 is 0 Å². The van der Waals surface area contributed by atoms with E-state index < -0.39 is 30.6 Å². The molecule has 3 aromatic carbocycles. The summed E-state index contributed by atoms with van der Waals surface area (Å²) >= 11 is 0. The first-order valence-corrected chi connectivity index (χ1v) is 11.2. The molecule has 0 saturated carbocycles. The summed E-state index contributed by atoms with van der Waals surface area (Å²) in [6, 6.07) is 28.9. The minimum Gasteiger partial charge on any atom is -0.374 e. The Morgan fingerprint density at radius 1 is 0.667 bits per heavy atom.